The highest BCUT2D eigenvalue weighted by molar-refractivity contribution is 5.81. The summed E-state index contributed by atoms with van der Waals surface area (Å²) in [7, 11) is 2.56. The first-order valence-electron chi connectivity index (χ1n) is 7.73. The van der Waals surface area contributed by atoms with Gasteiger partial charge in [-0.1, -0.05) is 0 Å². The number of benzene rings is 1. The van der Waals surface area contributed by atoms with Crippen LogP contribution in [0.25, 0.3) is 0 Å². The van der Waals surface area contributed by atoms with Gasteiger partial charge in [-0.25, -0.2) is 4.79 Å². The monoisotopic (exact) mass is 417 g/mol. The van der Waals surface area contributed by atoms with Gasteiger partial charge < -0.3 is 19.5 Å². The minimum Gasteiger partial charge on any atom is -0.496 e. The molecule has 0 bridgehead atoms. The van der Waals surface area contributed by atoms with Crippen LogP contribution in [0.2, 0.25) is 0 Å². The quantitative estimate of drug-likeness (QED) is 0.520. The molecule has 0 atom stereocenters. The van der Waals surface area contributed by atoms with Crippen molar-refractivity contribution in [2.75, 3.05) is 27.4 Å². The molecule has 1 N–H and O–H groups in total. The molecule has 0 aliphatic rings. The lowest BCUT2D eigenvalue weighted by Gasteiger charge is -2.16. The predicted octanol–water partition coefficient (Wildman–Crippen LogP) is 2.57. The van der Waals surface area contributed by atoms with Gasteiger partial charge in [-0.3, -0.25) is 4.79 Å². The number of halogens is 6. The Kier molecular flexibility index (Phi) is 7.94. The SMILES string of the molecule is COc1cc(CCOC(=O)C(F)(F)F)c(OC)cc1CCNC(=O)C(F)(F)F. The van der Waals surface area contributed by atoms with Crippen molar-refractivity contribution in [3.63, 3.8) is 0 Å². The van der Waals surface area contributed by atoms with E-state index >= 15 is 0 Å². The molecule has 0 saturated heterocycles. The molecule has 1 aromatic carbocycles. The number of carbonyl (C=O) groups excluding carboxylic acids is 2. The number of hydrogen-bond acceptors (Lipinski definition) is 5. The molecule has 1 amide bonds. The summed E-state index contributed by atoms with van der Waals surface area (Å²) in [6, 6.07) is 2.82. The fraction of sp³-hybridized carbons (Fsp3) is 0.500. The molecule has 1 rings (SSSR count). The maximum Gasteiger partial charge on any atom is 0.490 e. The summed E-state index contributed by atoms with van der Waals surface area (Å²) < 4.78 is 87.2. The first kappa shape index (κ1) is 23.4. The van der Waals surface area contributed by atoms with Crippen LogP contribution < -0.4 is 14.8 Å². The lowest BCUT2D eigenvalue weighted by atomic mass is 10.0. The largest absolute Gasteiger partial charge is 0.496 e. The average molecular weight is 417 g/mol. The number of methoxy groups -OCH3 is 2. The van der Waals surface area contributed by atoms with E-state index in [1.165, 1.54) is 26.4 Å². The van der Waals surface area contributed by atoms with Gasteiger partial charge in [0.25, 0.3) is 0 Å². The van der Waals surface area contributed by atoms with Crippen LogP contribution in [0.1, 0.15) is 11.1 Å². The normalized spacial score (nSPS) is 11.7. The first-order chi connectivity index (χ1) is 12.9. The third kappa shape index (κ3) is 6.82. The highest BCUT2D eigenvalue weighted by Crippen LogP contribution is 2.30. The Bertz CT molecular complexity index is 642. The Hall–Kier alpha value is -2.66. The van der Waals surface area contributed by atoms with Gasteiger partial charge in [0, 0.05) is 18.5 Å². The molecule has 0 fully saturated rings. The number of alkyl halides is 6. The summed E-state index contributed by atoms with van der Waals surface area (Å²) in [4.78, 5) is 21.5. The Balaban J connectivity index is 2.82. The molecule has 0 aromatic heterocycles. The van der Waals surface area contributed by atoms with Crippen molar-refractivity contribution >= 4 is 11.9 Å². The van der Waals surface area contributed by atoms with Crippen molar-refractivity contribution in [2.24, 2.45) is 0 Å². The summed E-state index contributed by atoms with van der Waals surface area (Å²) in [5.74, 6) is -3.97. The smallest absolute Gasteiger partial charge is 0.490 e. The van der Waals surface area contributed by atoms with Gasteiger partial charge in [-0.2, -0.15) is 26.3 Å². The Labute approximate surface area is 155 Å². The Morgan fingerprint density at radius 2 is 1.39 bits per heavy atom. The van der Waals surface area contributed by atoms with Gasteiger partial charge in [0.2, 0.25) is 0 Å². The van der Waals surface area contributed by atoms with Crippen LogP contribution in [-0.2, 0) is 27.2 Å². The molecular formula is C16H17F6NO5. The Morgan fingerprint density at radius 3 is 1.82 bits per heavy atom. The van der Waals surface area contributed by atoms with E-state index in [4.69, 9.17) is 9.47 Å². The second-order valence-electron chi connectivity index (χ2n) is 5.36. The average Bonchev–Trinajstić information content (AvgIpc) is 2.60. The lowest BCUT2D eigenvalue weighted by molar-refractivity contribution is -0.199. The lowest BCUT2D eigenvalue weighted by Crippen LogP contribution is -2.37. The second kappa shape index (κ2) is 9.51. The van der Waals surface area contributed by atoms with Gasteiger partial charge in [0.15, 0.2) is 0 Å². The van der Waals surface area contributed by atoms with E-state index in [-0.39, 0.29) is 30.9 Å². The summed E-state index contributed by atoms with van der Waals surface area (Å²) in [5.41, 5.74) is 0.760. The number of hydrogen-bond donors (Lipinski definition) is 1. The summed E-state index contributed by atoms with van der Waals surface area (Å²) >= 11 is 0. The van der Waals surface area contributed by atoms with Crippen molar-refractivity contribution in [3.05, 3.63) is 23.3 Å². The number of esters is 1. The molecule has 12 heteroatoms. The zero-order chi connectivity index (χ0) is 21.5. The first-order valence-corrected chi connectivity index (χ1v) is 7.73. The van der Waals surface area contributed by atoms with E-state index in [1.54, 1.807) is 5.32 Å². The molecule has 0 aliphatic heterocycles. The maximum atomic E-state index is 12.2. The standard InChI is InChI=1S/C16H17F6NO5/c1-26-11-8-10(4-6-28-14(25)16(20,21)22)12(27-2)7-9(11)3-5-23-13(24)15(17,18)19/h7-8H,3-6H2,1-2H3,(H,23,24). The van der Waals surface area contributed by atoms with Gasteiger partial charge in [-0.15, -0.1) is 0 Å². The number of rotatable bonds is 8. The van der Waals surface area contributed by atoms with E-state index in [0.29, 0.717) is 11.1 Å². The molecule has 6 nitrogen and oxygen atoms in total. The molecule has 0 heterocycles. The molecule has 0 spiro atoms. The number of amides is 1. The van der Waals surface area contributed by atoms with Crippen LogP contribution in [0, 0.1) is 0 Å². The summed E-state index contributed by atoms with van der Waals surface area (Å²) in [6.07, 6.45) is -10.2. The van der Waals surface area contributed by atoms with Crippen molar-refractivity contribution < 1.29 is 50.1 Å². The minimum absolute atomic E-state index is 0.0231. The topological polar surface area (TPSA) is 73.9 Å². The van der Waals surface area contributed by atoms with Crippen molar-refractivity contribution in [1.82, 2.24) is 5.32 Å². The van der Waals surface area contributed by atoms with Crippen LogP contribution in [0.15, 0.2) is 12.1 Å². The summed E-state index contributed by atoms with van der Waals surface area (Å²) in [5, 5.41) is 1.71. The number of nitrogens with one attached hydrogen (secondary N) is 1. The minimum atomic E-state index is -5.10. The second-order valence-corrected chi connectivity index (χ2v) is 5.36. The van der Waals surface area contributed by atoms with E-state index in [2.05, 4.69) is 4.74 Å². The third-order valence-corrected chi connectivity index (χ3v) is 3.46. The van der Waals surface area contributed by atoms with E-state index in [9.17, 15) is 35.9 Å². The molecule has 0 aliphatic carbocycles. The molecule has 0 saturated carbocycles. The zero-order valence-corrected chi connectivity index (χ0v) is 14.8. The van der Waals surface area contributed by atoms with E-state index in [0.717, 1.165) is 0 Å². The number of carbonyl (C=O) groups is 2. The highest BCUT2D eigenvalue weighted by Gasteiger charge is 2.41. The van der Waals surface area contributed by atoms with Gasteiger partial charge in [0.1, 0.15) is 11.5 Å². The molecule has 1 aromatic rings. The molecule has 0 radical (unpaired) electrons. The van der Waals surface area contributed by atoms with Gasteiger partial charge in [0.05, 0.1) is 20.8 Å². The highest BCUT2D eigenvalue weighted by atomic mass is 19.4. The molecule has 158 valence electrons. The van der Waals surface area contributed by atoms with Crippen molar-refractivity contribution in [3.8, 4) is 11.5 Å². The Morgan fingerprint density at radius 1 is 0.893 bits per heavy atom. The molecular weight excluding hydrogens is 400 g/mol. The van der Waals surface area contributed by atoms with E-state index < -0.39 is 30.8 Å². The van der Waals surface area contributed by atoms with Gasteiger partial charge in [-0.05, 0) is 24.1 Å². The molecule has 28 heavy (non-hydrogen) atoms. The molecule has 0 unspecified atom stereocenters. The third-order valence-electron chi connectivity index (χ3n) is 3.46. The predicted molar refractivity (Wildman–Crippen MR) is 83.0 cm³/mol. The van der Waals surface area contributed by atoms with E-state index in [1.807, 2.05) is 0 Å². The van der Waals surface area contributed by atoms with Gasteiger partial charge >= 0.3 is 24.2 Å². The zero-order valence-electron chi connectivity index (χ0n) is 14.8. The van der Waals surface area contributed by atoms with Crippen LogP contribution in [0.5, 0.6) is 11.5 Å². The van der Waals surface area contributed by atoms with Crippen LogP contribution in [-0.4, -0.2) is 51.6 Å². The maximum absolute atomic E-state index is 12.2. The van der Waals surface area contributed by atoms with Crippen LogP contribution in [0.4, 0.5) is 26.3 Å². The van der Waals surface area contributed by atoms with Crippen LogP contribution >= 0.6 is 0 Å². The van der Waals surface area contributed by atoms with Crippen LogP contribution in [0.3, 0.4) is 0 Å². The van der Waals surface area contributed by atoms with Crippen molar-refractivity contribution in [2.45, 2.75) is 25.2 Å². The summed E-state index contributed by atoms with van der Waals surface area (Å²) in [6.45, 7) is -0.904. The van der Waals surface area contributed by atoms with Crippen molar-refractivity contribution in [1.29, 1.82) is 0 Å². The fourth-order valence-electron chi connectivity index (χ4n) is 2.16. The fourth-order valence-corrected chi connectivity index (χ4v) is 2.16. The number of ether oxygens (including phenoxy) is 3.